The average Bonchev–Trinajstić information content (AvgIpc) is 3.20. The molecule has 6 heteroatoms. The summed E-state index contributed by atoms with van der Waals surface area (Å²) in [5, 5.41) is 3.24. The molecule has 1 aliphatic rings. The molecule has 27 heavy (non-hydrogen) atoms. The third kappa shape index (κ3) is 4.80. The number of carbonyl (C=O) groups is 2. The van der Waals surface area contributed by atoms with Crippen molar-refractivity contribution in [1.29, 1.82) is 0 Å². The average molecular weight is 386 g/mol. The summed E-state index contributed by atoms with van der Waals surface area (Å²) in [4.78, 5) is 28.3. The van der Waals surface area contributed by atoms with E-state index in [9.17, 15) is 9.59 Å². The predicted molar refractivity (Wildman–Crippen MR) is 110 cm³/mol. The summed E-state index contributed by atoms with van der Waals surface area (Å²) in [6, 6.07) is 14.9. The number of carbonyl (C=O) groups excluding carboxylic acids is 2. The molecule has 0 aromatic heterocycles. The second kappa shape index (κ2) is 8.91. The number of anilines is 2. The van der Waals surface area contributed by atoms with E-state index in [4.69, 9.17) is 11.6 Å². The molecule has 0 radical (unpaired) electrons. The maximum absolute atomic E-state index is 12.2. The largest absolute Gasteiger partial charge is 0.372 e. The summed E-state index contributed by atoms with van der Waals surface area (Å²) in [5.74, 6) is -0.301. The molecule has 2 aromatic rings. The van der Waals surface area contributed by atoms with Gasteiger partial charge in [0, 0.05) is 44.5 Å². The van der Waals surface area contributed by atoms with Crippen LogP contribution in [0, 0.1) is 0 Å². The van der Waals surface area contributed by atoms with E-state index in [0.717, 1.165) is 18.8 Å². The zero-order chi connectivity index (χ0) is 19.2. The fourth-order valence-electron chi connectivity index (χ4n) is 3.31. The van der Waals surface area contributed by atoms with Gasteiger partial charge in [0.1, 0.15) is 0 Å². The third-order valence-electron chi connectivity index (χ3n) is 4.75. The van der Waals surface area contributed by atoms with E-state index in [0.29, 0.717) is 23.7 Å². The highest BCUT2D eigenvalue weighted by atomic mass is 35.5. The molecule has 1 heterocycles. The molecule has 3 rings (SSSR count). The molecule has 1 aliphatic heterocycles. The molecule has 0 bridgehead atoms. The minimum atomic E-state index is -0.242. The number of nitrogens with zero attached hydrogens (tertiary/aromatic N) is 2. The van der Waals surface area contributed by atoms with Crippen molar-refractivity contribution in [3.8, 4) is 0 Å². The molecule has 2 amide bonds. The standard InChI is InChI=1S/C21H24ClN3O2/c1-16(26)25(15-12-23-21(27)19-6-2-3-7-20(19)22)18-10-8-17(9-11-18)24-13-4-5-14-24/h2-3,6-11H,4-5,12-15H2,1H3,(H,23,27). The zero-order valence-electron chi connectivity index (χ0n) is 15.5. The third-order valence-corrected chi connectivity index (χ3v) is 5.08. The fourth-order valence-corrected chi connectivity index (χ4v) is 3.53. The molecule has 2 aromatic carbocycles. The molecular weight excluding hydrogens is 362 g/mol. The van der Waals surface area contributed by atoms with Gasteiger partial charge in [-0.25, -0.2) is 0 Å². The van der Waals surface area contributed by atoms with Gasteiger partial charge in [-0.15, -0.1) is 0 Å². The van der Waals surface area contributed by atoms with E-state index in [1.54, 1.807) is 29.2 Å². The number of halogens is 1. The molecule has 1 saturated heterocycles. The number of benzene rings is 2. The summed E-state index contributed by atoms with van der Waals surface area (Å²) in [5.41, 5.74) is 2.45. The maximum atomic E-state index is 12.2. The Morgan fingerprint density at radius 2 is 1.74 bits per heavy atom. The van der Waals surface area contributed by atoms with Crippen LogP contribution in [-0.4, -0.2) is 38.0 Å². The van der Waals surface area contributed by atoms with Crippen molar-refractivity contribution in [2.24, 2.45) is 0 Å². The van der Waals surface area contributed by atoms with Crippen LogP contribution in [0.1, 0.15) is 30.1 Å². The highest BCUT2D eigenvalue weighted by Crippen LogP contribution is 2.24. The van der Waals surface area contributed by atoms with E-state index in [1.807, 2.05) is 12.1 Å². The number of hydrogen-bond acceptors (Lipinski definition) is 3. The highest BCUT2D eigenvalue weighted by Gasteiger charge is 2.15. The first kappa shape index (κ1) is 19.2. The summed E-state index contributed by atoms with van der Waals surface area (Å²) in [6.07, 6.45) is 2.46. The first-order valence-corrected chi connectivity index (χ1v) is 9.60. The number of hydrogen-bond donors (Lipinski definition) is 1. The Morgan fingerprint density at radius 3 is 2.37 bits per heavy atom. The van der Waals surface area contributed by atoms with E-state index < -0.39 is 0 Å². The monoisotopic (exact) mass is 385 g/mol. The fraction of sp³-hybridized carbons (Fsp3) is 0.333. The minimum absolute atomic E-state index is 0.0593. The molecule has 1 fully saturated rings. The molecule has 142 valence electrons. The van der Waals surface area contributed by atoms with Crippen molar-refractivity contribution in [2.75, 3.05) is 36.0 Å². The Balaban J connectivity index is 1.60. The van der Waals surface area contributed by atoms with E-state index >= 15 is 0 Å². The minimum Gasteiger partial charge on any atom is -0.372 e. The van der Waals surface area contributed by atoms with E-state index in [1.165, 1.54) is 25.5 Å². The van der Waals surface area contributed by atoms with Crippen LogP contribution < -0.4 is 15.1 Å². The van der Waals surface area contributed by atoms with Gasteiger partial charge < -0.3 is 15.1 Å². The molecule has 0 aliphatic carbocycles. The second-order valence-electron chi connectivity index (χ2n) is 6.62. The van der Waals surface area contributed by atoms with Crippen LogP contribution in [0.4, 0.5) is 11.4 Å². The molecule has 5 nitrogen and oxygen atoms in total. The number of amides is 2. The Hall–Kier alpha value is -2.53. The smallest absolute Gasteiger partial charge is 0.252 e. The Kier molecular flexibility index (Phi) is 6.35. The molecule has 0 spiro atoms. The van der Waals surface area contributed by atoms with E-state index in [-0.39, 0.29) is 11.8 Å². The zero-order valence-corrected chi connectivity index (χ0v) is 16.2. The number of nitrogens with one attached hydrogen (secondary N) is 1. The first-order valence-electron chi connectivity index (χ1n) is 9.22. The van der Waals surface area contributed by atoms with Crippen LogP contribution >= 0.6 is 11.6 Å². The molecule has 0 atom stereocenters. The summed E-state index contributed by atoms with van der Waals surface area (Å²) >= 11 is 6.05. The summed E-state index contributed by atoms with van der Waals surface area (Å²) in [7, 11) is 0. The van der Waals surface area contributed by atoms with Crippen LogP contribution in [0.3, 0.4) is 0 Å². The lowest BCUT2D eigenvalue weighted by Gasteiger charge is -2.23. The van der Waals surface area contributed by atoms with Crippen molar-refractivity contribution in [3.63, 3.8) is 0 Å². The predicted octanol–water partition coefficient (Wildman–Crippen LogP) is 3.72. The van der Waals surface area contributed by atoms with Crippen molar-refractivity contribution >= 4 is 34.8 Å². The first-order chi connectivity index (χ1) is 13.1. The Labute approximate surface area is 164 Å². The van der Waals surface area contributed by atoms with Gasteiger partial charge in [0.15, 0.2) is 0 Å². The normalized spacial score (nSPS) is 13.5. The van der Waals surface area contributed by atoms with Crippen LogP contribution in [-0.2, 0) is 4.79 Å². The van der Waals surface area contributed by atoms with Gasteiger partial charge in [0.25, 0.3) is 5.91 Å². The lowest BCUT2D eigenvalue weighted by Crippen LogP contribution is -2.37. The SMILES string of the molecule is CC(=O)N(CCNC(=O)c1ccccc1Cl)c1ccc(N2CCCC2)cc1. The number of rotatable bonds is 6. The van der Waals surface area contributed by atoms with Crippen molar-refractivity contribution < 1.29 is 9.59 Å². The van der Waals surface area contributed by atoms with Crippen LogP contribution in [0.5, 0.6) is 0 Å². The molecule has 1 N–H and O–H groups in total. The maximum Gasteiger partial charge on any atom is 0.252 e. The van der Waals surface area contributed by atoms with Crippen LogP contribution in [0.2, 0.25) is 5.02 Å². The van der Waals surface area contributed by atoms with Crippen LogP contribution in [0.15, 0.2) is 48.5 Å². The summed E-state index contributed by atoms with van der Waals surface area (Å²) in [6.45, 7) is 4.45. The lowest BCUT2D eigenvalue weighted by atomic mass is 10.2. The van der Waals surface area contributed by atoms with Gasteiger partial charge in [-0.05, 0) is 49.2 Å². The van der Waals surface area contributed by atoms with Gasteiger partial charge in [-0.2, -0.15) is 0 Å². The Morgan fingerprint density at radius 1 is 1.07 bits per heavy atom. The summed E-state index contributed by atoms with van der Waals surface area (Å²) < 4.78 is 0. The molecule has 0 saturated carbocycles. The van der Waals surface area contributed by atoms with Gasteiger partial charge in [-0.3, -0.25) is 9.59 Å². The Bertz CT molecular complexity index is 801. The topological polar surface area (TPSA) is 52.7 Å². The lowest BCUT2D eigenvalue weighted by molar-refractivity contribution is -0.116. The second-order valence-corrected chi connectivity index (χ2v) is 7.02. The van der Waals surface area contributed by atoms with Gasteiger partial charge in [0.2, 0.25) is 5.91 Å². The van der Waals surface area contributed by atoms with Gasteiger partial charge in [0.05, 0.1) is 10.6 Å². The van der Waals surface area contributed by atoms with Gasteiger partial charge in [-0.1, -0.05) is 23.7 Å². The van der Waals surface area contributed by atoms with Crippen molar-refractivity contribution in [3.05, 3.63) is 59.1 Å². The highest BCUT2D eigenvalue weighted by molar-refractivity contribution is 6.33. The van der Waals surface area contributed by atoms with Crippen LogP contribution in [0.25, 0.3) is 0 Å². The molecular formula is C21H24ClN3O2. The van der Waals surface area contributed by atoms with Crippen molar-refractivity contribution in [2.45, 2.75) is 19.8 Å². The molecule has 0 unspecified atom stereocenters. The quantitative estimate of drug-likeness (QED) is 0.824. The van der Waals surface area contributed by atoms with Crippen molar-refractivity contribution in [1.82, 2.24) is 5.32 Å². The van der Waals surface area contributed by atoms with E-state index in [2.05, 4.69) is 22.3 Å². The van der Waals surface area contributed by atoms with Gasteiger partial charge >= 0.3 is 0 Å².